The Kier molecular flexibility index (Phi) is 2.33. The summed E-state index contributed by atoms with van der Waals surface area (Å²) in [6.45, 7) is 1.70. The maximum absolute atomic E-state index is 11.0. The summed E-state index contributed by atoms with van der Waals surface area (Å²) in [5, 5.41) is 11.3. The van der Waals surface area contributed by atoms with E-state index in [1.807, 2.05) is 36.4 Å². The lowest BCUT2D eigenvalue weighted by molar-refractivity contribution is -0.138. The van der Waals surface area contributed by atoms with Gasteiger partial charge in [0, 0.05) is 21.8 Å². The van der Waals surface area contributed by atoms with Gasteiger partial charge in [0.15, 0.2) is 0 Å². The average molecular weight is 239 g/mol. The molecule has 3 rings (SSSR count). The minimum atomic E-state index is -0.800. The van der Waals surface area contributed by atoms with E-state index in [9.17, 15) is 4.79 Å². The smallest absolute Gasteiger partial charge is 0.310 e. The van der Waals surface area contributed by atoms with Crippen LogP contribution in [0.2, 0.25) is 0 Å². The van der Waals surface area contributed by atoms with Gasteiger partial charge in [0.2, 0.25) is 0 Å². The van der Waals surface area contributed by atoms with Crippen molar-refractivity contribution in [2.45, 2.75) is 12.8 Å². The van der Waals surface area contributed by atoms with Gasteiger partial charge >= 0.3 is 5.97 Å². The number of carboxylic acid groups (broad SMARTS) is 1. The number of rotatable bonds is 2. The van der Waals surface area contributed by atoms with Gasteiger partial charge in [-0.2, -0.15) is 0 Å². The number of aliphatic carboxylic acids is 1. The van der Waals surface area contributed by atoms with Crippen LogP contribution in [0.5, 0.6) is 0 Å². The summed E-state index contributed by atoms with van der Waals surface area (Å²) in [5.41, 5.74) is 2.89. The molecule has 3 aromatic rings. The molecule has 18 heavy (non-hydrogen) atoms. The molecule has 0 aliphatic rings. The summed E-state index contributed by atoms with van der Waals surface area (Å²) in [7, 11) is 0. The minimum Gasteiger partial charge on any atom is -0.481 e. The summed E-state index contributed by atoms with van der Waals surface area (Å²) < 4.78 is 0. The van der Waals surface area contributed by atoms with Crippen LogP contribution in [-0.2, 0) is 4.79 Å². The fourth-order valence-electron chi connectivity index (χ4n) is 2.28. The minimum absolute atomic E-state index is 0.485. The maximum Gasteiger partial charge on any atom is 0.310 e. The van der Waals surface area contributed by atoms with Crippen LogP contribution in [0.25, 0.3) is 21.8 Å². The molecule has 0 fully saturated rings. The third-order valence-corrected chi connectivity index (χ3v) is 3.40. The molecule has 0 saturated heterocycles. The van der Waals surface area contributed by atoms with Crippen molar-refractivity contribution in [2.75, 3.05) is 0 Å². The summed E-state index contributed by atoms with van der Waals surface area (Å²) >= 11 is 0. The summed E-state index contributed by atoms with van der Waals surface area (Å²) in [6.07, 6.45) is 0. The largest absolute Gasteiger partial charge is 0.481 e. The Morgan fingerprint density at radius 1 is 1.11 bits per heavy atom. The number of H-pyrrole nitrogens is 1. The number of aromatic nitrogens is 1. The van der Waals surface area contributed by atoms with Crippen molar-refractivity contribution in [2.24, 2.45) is 0 Å². The predicted octanol–water partition coefficient (Wildman–Crippen LogP) is 3.51. The molecule has 0 aliphatic heterocycles. The van der Waals surface area contributed by atoms with Crippen molar-refractivity contribution in [1.29, 1.82) is 0 Å². The van der Waals surface area contributed by atoms with Crippen molar-refractivity contribution in [3.05, 3.63) is 48.0 Å². The van der Waals surface area contributed by atoms with Gasteiger partial charge in [-0.3, -0.25) is 4.79 Å². The van der Waals surface area contributed by atoms with E-state index < -0.39 is 11.9 Å². The zero-order chi connectivity index (χ0) is 12.7. The van der Waals surface area contributed by atoms with E-state index >= 15 is 0 Å². The van der Waals surface area contributed by atoms with Crippen molar-refractivity contribution in [1.82, 2.24) is 4.98 Å². The third kappa shape index (κ3) is 1.56. The molecule has 0 saturated carbocycles. The van der Waals surface area contributed by atoms with E-state index in [0.29, 0.717) is 0 Å². The number of hydrogen-bond acceptors (Lipinski definition) is 1. The molecule has 0 amide bonds. The molecule has 1 unspecified atom stereocenters. The normalized spacial score (nSPS) is 12.9. The van der Waals surface area contributed by atoms with Gasteiger partial charge in [0.05, 0.1) is 5.92 Å². The quantitative estimate of drug-likeness (QED) is 0.719. The van der Waals surface area contributed by atoms with E-state index in [-0.39, 0.29) is 0 Å². The van der Waals surface area contributed by atoms with Crippen molar-refractivity contribution in [3.63, 3.8) is 0 Å². The molecule has 2 aromatic carbocycles. The second kappa shape index (κ2) is 3.88. The van der Waals surface area contributed by atoms with Gasteiger partial charge in [-0.05, 0) is 24.6 Å². The third-order valence-electron chi connectivity index (χ3n) is 3.40. The van der Waals surface area contributed by atoms with Crippen LogP contribution in [0.15, 0.2) is 42.5 Å². The number of nitrogens with one attached hydrogen (secondary N) is 1. The predicted molar refractivity (Wildman–Crippen MR) is 71.9 cm³/mol. The van der Waals surface area contributed by atoms with E-state index in [4.69, 9.17) is 5.11 Å². The number of aromatic amines is 1. The van der Waals surface area contributed by atoms with Crippen LogP contribution in [0.3, 0.4) is 0 Å². The molecular formula is C15H13NO2. The lowest BCUT2D eigenvalue weighted by Crippen LogP contribution is -2.06. The van der Waals surface area contributed by atoms with Crippen molar-refractivity contribution >= 4 is 27.8 Å². The molecular weight excluding hydrogens is 226 g/mol. The Hall–Kier alpha value is -2.29. The van der Waals surface area contributed by atoms with Crippen LogP contribution >= 0.6 is 0 Å². The SMILES string of the molecule is CC(C(=O)O)c1ccc2c(c1)[nH]c1ccccc12. The summed E-state index contributed by atoms with van der Waals surface area (Å²) in [6, 6.07) is 13.9. The first-order valence-corrected chi connectivity index (χ1v) is 5.90. The summed E-state index contributed by atoms with van der Waals surface area (Å²) in [4.78, 5) is 14.3. The Balaban J connectivity index is 2.24. The number of benzene rings is 2. The fraction of sp³-hybridized carbons (Fsp3) is 0.133. The Morgan fingerprint density at radius 2 is 1.83 bits per heavy atom. The molecule has 0 spiro atoms. The lowest BCUT2D eigenvalue weighted by Gasteiger charge is -2.06. The standard InChI is InChI=1S/C15H13NO2/c1-9(15(17)18)10-6-7-12-11-4-2-3-5-13(11)16-14(12)8-10/h2-9,16H,1H3,(H,17,18). The zero-order valence-electron chi connectivity index (χ0n) is 9.97. The molecule has 0 radical (unpaired) electrons. The summed E-state index contributed by atoms with van der Waals surface area (Å²) in [5.74, 6) is -1.29. The van der Waals surface area contributed by atoms with E-state index in [0.717, 1.165) is 22.0 Å². The van der Waals surface area contributed by atoms with Gasteiger partial charge in [-0.25, -0.2) is 0 Å². The van der Waals surface area contributed by atoms with Gasteiger partial charge in [-0.1, -0.05) is 30.3 Å². The monoisotopic (exact) mass is 239 g/mol. The lowest BCUT2D eigenvalue weighted by atomic mass is 10.00. The fourth-order valence-corrected chi connectivity index (χ4v) is 2.28. The molecule has 3 heteroatoms. The van der Waals surface area contributed by atoms with Gasteiger partial charge in [-0.15, -0.1) is 0 Å². The molecule has 1 heterocycles. The van der Waals surface area contributed by atoms with Crippen molar-refractivity contribution in [3.8, 4) is 0 Å². The average Bonchev–Trinajstić information content (AvgIpc) is 2.75. The highest BCUT2D eigenvalue weighted by Crippen LogP contribution is 2.28. The molecule has 1 aromatic heterocycles. The first-order valence-electron chi connectivity index (χ1n) is 5.90. The number of carboxylic acids is 1. The number of para-hydroxylation sites is 1. The highest BCUT2D eigenvalue weighted by atomic mass is 16.4. The molecule has 90 valence electrons. The number of fused-ring (bicyclic) bond motifs is 3. The second-order valence-corrected chi connectivity index (χ2v) is 4.54. The Labute approximate surface area is 104 Å². The molecule has 3 nitrogen and oxygen atoms in total. The van der Waals surface area contributed by atoms with Gasteiger partial charge < -0.3 is 10.1 Å². The van der Waals surface area contributed by atoms with Crippen LogP contribution < -0.4 is 0 Å². The van der Waals surface area contributed by atoms with Crippen LogP contribution in [0, 0.1) is 0 Å². The van der Waals surface area contributed by atoms with Crippen LogP contribution in [0.1, 0.15) is 18.4 Å². The molecule has 0 bridgehead atoms. The first-order chi connectivity index (χ1) is 8.66. The molecule has 0 aliphatic carbocycles. The highest BCUT2D eigenvalue weighted by molar-refractivity contribution is 6.07. The van der Waals surface area contributed by atoms with E-state index in [1.165, 1.54) is 5.39 Å². The molecule has 1 atom stereocenters. The number of hydrogen-bond donors (Lipinski definition) is 2. The highest BCUT2D eigenvalue weighted by Gasteiger charge is 2.14. The van der Waals surface area contributed by atoms with Crippen molar-refractivity contribution < 1.29 is 9.90 Å². The zero-order valence-corrected chi connectivity index (χ0v) is 9.97. The Bertz CT molecular complexity index is 742. The van der Waals surface area contributed by atoms with Crippen LogP contribution in [-0.4, -0.2) is 16.1 Å². The topological polar surface area (TPSA) is 53.1 Å². The van der Waals surface area contributed by atoms with Crippen LogP contribution in [0.4, 0.5) is 0 Å². The number of carbonyl (C=O) groups is 1. The maximum atomic E-state index is 11.0. The van der Waals surface area contributed by atoms with Gasteiger partial charge in [0.25, 0.3) is 0 Å². The van der Waals surface area contributed by atoms with Gasteiger partial charge in [0.1, 0.15) is 0 Å². The first kappa shape index (κ1) is 10.8. The second-order valence-electron chi connectivity index (χ2n) is 4.54. The van der Waals surface area contributed by atoms with E-state index in [2.05, 4.69) is 11.1 Å². The van der Waals surface area contributed by atoms with E-state index in [1.54, 1.807) is 6.92 Å². The Morgan fingerprint density at radius 3 is 2.61 bits per heavy atom. The molecule has 2 N–H and O–H groups in total.